The van der Waals surface area contributed by atoms with Crippen molar-refractivity contribution in [1.29, 1.82) is 0 Å². The minimum absolute atomic E-state index is 0.696. The highest BCUT2D eigenvalue weighted by atomic mass is 79.9. The van der Waals surface area contributed by atoms with Gasteiger partial charge in [-0.2, -0.15) is 5.10 Å². The molecule has 6 nitrogen and oxygen atoms in total. The number of halogens is 1. The van der Waals surface area contributed by atoms with Crippen LogP contribution in [0.5, 0.6) is 11.5 Å². The van der Waals surface area contributed by atoms with Crippen molar-refractivity contribution < 1.29 is 9.47 Å². The van der Waals surface area contributed by atoms with Crippen LogP contribution in [0.25, 0.3) is 5.82 Å². The number of hydrogen-bond acceptors (Lipinski definition) is 6. The van der Waals surface area contributed by atoms with Gasteiger partial charge in [-0.3, -0.25) is 0 Å². The molecule has 0 radical (unpaired) electrons. The van der Waals surface area contributed by atoms with E-state index in [0.29, 0.717) is 17.3 Å². The minimum Gasteiger partial charge on any atom is -0.493 e. The molecule has 3 rings (SSSR count). The topological polar surface area (TPSA) is 62.1 Å². The smallest absolute Gasteiger partial charge is 0.175 e. The normalized spacial score (nSPS) is 10.8. The molecular weight excluding hydrogens is 416 g/mol. The van der Waals surface area contributed by atoms with E-state index in [1.807, 2.05) is 44.2 Å². The summed E-state index contributed by atoms with van der Waals surface area (Å²) in [5.74, 6) is 2.85. The Balaban J connectivity index is 1.73. The molecule has 0 aliphatic rings. The van der Waals surface area contributed by atoms with Crippen molar-refractivity contribution >= 4 is 27.7 Å². The summed E-state index contributed by atoms with van der Waals surface area (Å²) in [5.41, 5.74) is 3.09. The fraction of sp³-hybridized carbons (Fsp3) is 0.278. The van der Waals surface area contributed by atoms with Crippen LogP contribution in [0.3, 0.4) is 0 Å². The first kappa shape index (κ1) is 18.7. The van der Waals surface area contributed by atoms with Crippen LogP contribution in [0.15, 0.2) is 39.8 Å². The minimum atomic E-state index is 0.696. The molecule has 1 aromatic carbocycles. The maximum atomic E-state index is 5.37. The van der Waals surface area contributed by atoms with E-state index < -0.39 is 0 Å². The zero-order valence-electron chi connectivity index (χ0n) is 15.0. The predicted molar refractivity (Wildman–Crippen MR) is 105 cm³/mol. The maximum Gasteiger partial charge on any atom is 0.175 e. The third-order valence-electron chi connectivity index (χ3n) is 3.78. The van der Waals surface area contributed by atoms with Gasteiger partial charge in [0.2, 0.25) is 0 Å². The molecule has 136 valence electrons. The third-order valence-corrected chi connectivity index (χ3v) is 5.49. The Morgan fingerprint density at radius 3 is 2.35 bits per heavy atom. The van der Waals surface area contributed by atoms with Crippen LogP contribution in [0, 0.1) is 13.8 Å². The number of benzene rings is 1. The van der Waals surface area contributed by atoms with E-state index in [9.17, 15) is 0 Å². The Bertz CT molecular complexity index is 912. The summed E-state index contributed by atoms with van der Waals surface area (Å²) < 4.78 is 13.4. The largest absolute Gasteiger partial charge is 0.493 e. The standard InChI is InChI=1S/C18H19BrN4O2S/c1-11-7-12(2)23(22-11)17-5-6-18(21-20-17)26-10-13-8-15(24-3)16(25-4)9-14(13)19/h5-9H,10H2,1-4H3. The van der Waals surface area contributed by atoms with Gasteiger partial charge in [-0.25, -0.2) is 4.68 Å². The lowest BCUT2D eigenvalue weighted by Gasteiger charge is -2.11. The Morgan fingerprint density at radius 2 is 1.77 bits per heavy atom. The molecule has 3 aromatic rings. The second-order valence-electron chi connectivity index (χ2n) is 5.66. The van der Waals surface area contributed by atoms with Crippen LogP contribution < -0.4 is 9.47 Å². The highest BCUT2D eigenvalue weighted by molar-refractivity contribution is 9.10. The number of rotatable bonds is 6. The molecule has 0 fully saturated rings. The molecule has 0 bridgehead atoms. The van der Waals surface area contributed by atoms with Gasteiger partial charge in [-0.1, -0.05) is 27.7 Å². The van der Waals surface area contributed by atoms with Crippen molar-refractivity contribution in [1.82, 2.24) is 20.0 Å². The van der Waals surface area contributed by atoms with E-state index in [1.54, 1.807) is 30.7 Å². The first-order chi connectivity index (χ1) is 12.5. The summed E-state index contributed by atoms with van der Waals surface area (Å²) in [4.78, 5) is 0. The molecule has 2 heterocycles. The second kappa shape index (κ2) is 8.09. The zero-order valence-corrected chi connectivity index (χ0v) is 17.4. The SMILES string of the molecule is COc1cc(Br)c(CSc2ccc(-n3nc(C)cc3C)nn2)cc1OC. The molecule has 0 amide bonds. The summed E-state index contributed by atoms with van der Waals surface area (Å²) in [6.45, 7) is 3.96. The van der Waals surface area contributed by atoms with E-state index in [4.69, 9.17) is 9.47 Å². The Kier molecular flexibility index (Phi) is 5.83. The quantitative estimate of drug-likeness (QED) is 0.537. The number of ether oxygens (including phenoxy) is 2. The lowest BCUT2D eigenvalue weighted by Crippen LogP contribution is -2.03. The van der Waals surface area contributed by atoms with Crippen molar-refractivity contribution in [2.24, 2.45) is 0 Å². The predicted octanol–water partition coefficient (Wildman–Crippen LogP) is 4.35. The number of hydrogen-bond donors (Lipinski definition) is 0. The second-order valence-corrected chi connectivity index (χ2v) is 7.51. The van der Waals surface area contributed by atoms with E-state index in [0.717, 1.165) is 32.2 Å². The molecule has 0 saturated heterocycles. The van der Waals surface area contributed by atoms with Crippen LogP contribution in [-0.2, 0) is 5.75 Å². The fourth-order valence-corrected chi connectivity index (χ4v) is 3.98. The lowest BCUT2D eigenvalue weighted by atomic mass is 10.2. The molecule has 0 spiro atoms. The summed E-state index contributed by atoms with van der Waals surface area (Å²) in [5, 5.41) is 13.9. The van der Waals surface area contributed by atoms with Gasteiger partial charge >= 0.3 is 0 Å². The van der Waals surface area contributed by atoms with Gasteiger partial charge in [0.1, 0.15) is 5.03 Å². The van der Waals surface area contributed by atoms with Gasteiger partial charge < -0.3 is 9.47 Å². The summed E-state index contributed by atoms with van der Waals surface area (Å²) in [6, 6.07) is 9.77. The summed E-state index contributed by atoms with van der Waals surface area (Å²) in [7, 11) is 3.25. The Morgan fingerprint density at radius 1 is 1.04 bits per heavy atom. The average Bonchev–Trinajstić information content (AvgIpc) is 2.99. The van der Waals surface area contributed by atoms with E-state index in [-0.39, 0.29) is 0 Å². The molecule has 26 heavy (non-hydrogen) atoms. The molecule has 8 heteroatoms. The lowest BCUT2D eigenvalue weighted by molar-refractivity contribution is 0.354. The molecule has 0 unspecified atom stereocenters. The van der Waals surface area contributed by atoms with Crippen LogP contribution in [-0.4, -0.2) is 34.2 Å². The number of methoxy groups -OCH3 is 2. The first-order valence-electron chi connectivity index (χ1n) is 7.92. The van der Waals surface area contributed by atoms with E-state index in [1.165, 1.54) is 0 Å². The van der Waals surface area contributed by atoms with E-state index in [2.05, 4.69) is 31.2 Å². The van der Waals surface area contributed by atoms with Crippen LogP contribution in [0.2, 0.25) is 0 Å². The zero-order chi connectivity index (χ0) is 18.7. The van der Waals surface area contributed by atoms with Crippen LogP contribution in [0.4, 0.5) is 0 Å². The molecule has 0 aliphatic carbocycles. The molecule has 0 aliphatic heterocycles. The van der Waals surface area contributed by atoms with Gasteiger partial charge in [-0.15, -0.1) is 10.2 Å². The van der Waals surface area contributed by atoms with Gasteiger partial charge in [-0.05, 0) is 49.7 Å². The monoisotopic (exact) mass is 434 g/mol. The van der Waals surface area contributed by atoms with Crippen LogP contribution in [0.1, 0.15) is 17.0 Å². The highest BCUT2D eigenvalue weighted by Crippen LogP contribution is 2.35. The maximum absolute atomic E-state index is 5.37. The van der Waals surface area contributed by atoms with Crippen LogP contribution >= 0.6 is 27.7 Å². The molecule has 2 aromatic heterocycles. The van der Waals surface area contributed by atoms with Gasteiger partial charge in [0, 0.05) is 15.9 Å². The van der Waals surface area contributed by atoms with Gasteiger partial charge in [0.05, 0.1) is 19.9 Å². The molecule has 0 N–H and O–H groups in total. The third kappa shape index (κ3) is 4.02. The van der Waals surface area contributed by atoms with E-state index >= 15 is 0 Å². The van der Waals surface area contributed by atoms with Crippen molar-refractivity contribution in [3.8, 4) is 17.3 Å². The molecular formula is C18H19BrN4O2S. The van der Waals surface area contributed by atoms with Gasteiger partial charge in [0.25, 0.3) is 0 Å². The van der Waals surface area contributed by atoms with Crippen molar-refractivity contribution in [2.45, 2.75) is 24.6 Å². The fourth-order valence-electron chi connectivity index (χ4n) is 2.52. The van der Waals surface area contributed by atoms with Crippen molar-refractivity contribution in [3.63, 3.8) is 0 Å². The Hall–Kier alpha value is -2.06. The number of thioether (sulfide) groups is 1. The number of aryl methyl sites for hydroxylation is 2. The summed E-state index contributed by atoms with van der Waals surface area (Å²) >= 11 is 5.18. The summed E-state index contributed by atoms with van der Waals surface area (Å²) in [6.07, 6.45) is 0. The van der Waals surface area contributed by atoms with Crippen molar-refractivity contribution in [3.05, 3.63) is 51.8 Å². The van der Waals surface area contributed by atoms with Gasteiger partial charge in [0.15, 0.2) is 17.3 Å². The highest BCUT2D eigenvalue weighted by Gasteiger charge is 2.11. The number of aromatic nitrogens is 4. The Labute approximate surface area is 165 Å². The average molecular weight is 435 g/mol. The molecule has 0 saturated carbocycles. The van der Waals surface area contributed by atoms with Crippen molar-refractivity contribution in [2.75, 3.05) is 14.2 Å². The first-order valence-corrected chi connectivity index (χ1v) is 9.70. The number of nitrogens with zero attached hydrogens (tertiary/aromatic N) is 4. The molecule has 0 atom stereocenters.